The van der Waals surface area contributed by atoms with Gasteiger partial charge < -0.3 is 30.5 Å². The van der Waals surface area contributed by atoms with Crippen LogP contribution in [0.3, 0.4) is 0 Å². The van der Waals surface area contributed by atoms with E-state index < -0.39 is 47.0 Å². The maximum absolute atomic E-state index is 12.9. The van der Waals surface area contributed by atoms with Gasteiger partial charge in [-0.05, 0) is 25.7 Å². The fourth-order valence-electron chi connectivity index (χ4n) is 5.80. The molecule has 2 bridgehead atoms. The summed E-state index contributed by atoms with van der Waals surface area (Å²) >= 11 is 0. The van der Waals surface area contributed by atoms with Crippen LogP contribution < -0.4 is 5.32 Å². The van der Waals surface area contributed by atoms with Crippen molar-refractivity contribution in [3.63, 3.8) is 0 Å². The molecule has 0 aromatic heterocycles. The Balaban J connectivity index is 1.66. The minimum atomic E-state index is -2.10. The number of fused-ring (bicyclic) bond motifs is 1. The lowest BCUT2D eigenvalue weighted by Crippen LogP contribution is -2.63. The molecule has 1 aliphatic carbocycles. The largest absolute Gasteiger partial charge is 0.481 e. The van der Waals surface area contributed by atoms with Gasteiger partial charge in [-0.3, -0.25) is 14.4 Å². The third-order valence-electron chi connectivity index (χ3n) is 7.67. The number of rotatable bonds is 14. The third-order valence-corrected chi connectivity index (χ3v) is 7.67. The fraction of sp³-hybridized carbons (Fsp3) is 0.731. The number of ketones is 2. The molecule has 9 nitrogen and oxygen atoms in total. The molecule has 3 rings (SSSR count). The Labute approximate surface area is 206 Å². The standard InChI is InChI=1S/C26H39NO8/c1-2-3-7-10-17-20(13-19(29)18(28)11-8-5-4-6-9-12-24(32)33)35-26(34)16-25(17)21(14-22(26)30)27-15-23(25)31/h3,7,14,17-18,20,23,27-28,31,34H,2,4-6,8-13,15-16H2,1H3,(H,32,33)/b7-3-/t17-,18+,20+,23+,25?,26+/m1/s1. The number of aliphatic carboxylic acids is 1. The van der Waals surface area contributed by atoms with Crippen molar-refractivity contribution >= 4 is 17.5 Å². The highest BCUT2D eigenvalue weighted by Crippen LogP contribution is 2.57. The molecular formula is C26H39NO8. The molecule has 0 saturated carbocycles. The van der Waals surface area contributed by atoms with Crippen molar-refractivity contribution < 1.29 is 39.5 Å². The highest BCUT2D eigenvalue weighted by Gasteiger charge is 2.66. The van der Waals surface area contributed by atoms with Crippen LogP contribution in [-0.4, -0.2) is 68.6 Å². The molecule has 6 atom stereocenters. The average molecular weight is 494 g/mol. The van der Waals surface area contributed by atoms with Crippen molar-refractivity contribution in [2.75, 3.05) is 6.54 Å². The number of aliphatic hydroxyl groups excluding tert-OH is 2. The highest BCUT2D eigenvalue weighted by atomic mass is 16.6. The maximum Gasteiger partial charge on any atom is 0.303 e. The summed E-state index contributed by atoms with van der Waals surface area (Å²) in [5, 5.41) is 44.3. The van der Waals surface area contributed by atoms with Gasteiger partial charge in [0.25, 0.3) is 0 Å². The smallest absolute Gasteiger partial charge is 0.303 e. The molecule has 0 amide bonds. The summed E-state index contributed by atoms with van der Waals surface area (Å²) in [6.07, 6.45) is 7.61. The number of β-amino-alcohol motifs (C(OH)–C–C–N with tert-alkyl or cyclic N) is 1. The Kier molecular flexibility index (Phi) is 9.26. The van der Waals surface area contributed by atoms with Crippen LogP contribution in [0.4, 0.5) is 0 Å². The predicted molar refractivity (Wildman–Crippen MR) is 127 cm³/mol. The molecule has 196 valence electrons. The van der Waals surface area contributed by atoms with Gasteiger partial charge in [0.05, 0.1) is 12.2 Å². The number of ether oxygens (including phenoxy) is 1. The Bertz CT molecular complexity index is 854. The second kappa shape index (κ2) is 11.8. The zero-order chi connectivity index (χ0) is 25.6. The monoisotopic (exact) mass is 493 g/mol. The molecule has 2 heterocycles. The summed E-state index contributed by atoms with van der Waals surface area (Å²) in [5.74, 6) is -4.29. The number of carbonyl (C=O) groups excluding carboxylic acids is 2. The molecule has 0 aromatic carbocycles. The van der Waals surface area contributed by atoms with Crippen LogP contribution in [0, 0.1) is 11.3 Å². The van der Waals surface area contributed by atoms with Gasteiger partial charge >= 0.3 is 5.97 Å². The van der Waals surface area contributed by atoms with Crippen molar-refractivity contribution in [3.8, 4) is 0 Å². The quantitative estimate of drug-likeness (QED) is 0.181. The molecule has 0 aromatic rings. The van der Waals surface area contributed by atoms with E-state index in [2.05, 4.69) is 5.32 Å². The highest BCUT2D eigenvalue weighted by molar-refractivity contribution is 5.98. The van der Waals surface area contributed by atoms with Gasteiger partial charge in [0.2, 0.25) is 11.6 Å². The number of hydrogen-bond acceptors (Lipinski definition) is 8. The molecule has 9 heteroatoms. The summed E-state index contributed by atoms with van der Waals surface area (Å²) in [4.78, 5) is 36.1. The van der Waals surface area contributed by atoms with Crippen LogP contribution in [0.5, 0.6) is 0 Å². The lowest BCUT2D eigenvalue weighted by atomic mass is 9.58. The average Bonchev–Trinajstić information content (AvgIpc) is 3.10. The topological polar surface area (TPSA) is 153 Å². The first-order chi connectivity index (χ1) is 16.6. The number of allylic oxidation sites excluding steroid dienone is 2. The molecule has 35 heavy (non-hydrogen) atoms. The summed E-state index contributed by atoms with van der Waals surface area (Å²) in [6, 6.07) is 0. The van der Waals surface area contributed by atoms with Crippen LogP contribution in [0.2, 0.25) is 0 Å². The predicted octanol–water partition coefficient (Wildman–Crippen LogP) is 1.99. The maximum atomic E-state index is 12.9. The van der Waals surface area contributed by atoms with E-state index in [9.17, 15) is 29.7 Å². The third kappa shape index (κ3) is 6.02. The molecule has 1 spiro atoms. The van der Waals surface area contributed by atoms with E-state index in [-0.39, 0.29) is 38.1 Å². The molecular weight excluding hydrogens is 454 g/mol. The van der Waals surface area contributed by atoms with E-state index in [4.69, 9.17) is 9.84 Å². The van der Waals surface area contributed by atoms with Crippen LogP contribution in [0.1, 0.15) is 77.6 Å². The first kappa shape index (κ1) is 27.5. The van der Waals surface area contributed by atoms with E-state index >= 15 is 0 Å². The first-order valence-electron chi connectivity index (χ1n) is 12.8. The van der Waals surface area contributed by atoms with Crippen LogP contribution in [-0.2, 0) is 19.1 Å². The molecule has 1 unspecified atom stereocenters. The Morgan fingerprint density at radius 2 is 1.94 bits per heavy atom. The number of nitrogens with one attached hydrogen (secondary N) is 1. The summed E-state index contributed by atoms with van der Waals surface area (Å²) in [5.41, 5.74) is -0.344. The van der Waals surface area contributed by atoms with E-state index in [1.165, 1.54) is 6.08 Å². The minimum absolute atomic E-state index is 0.0708. The fourth-order valence-corrected chi connectivity index (χ4v) is 5.80. The number of Topliss-reactive ketones (excluding diaryl/α,β-unsaturated/α-hetero) is 1. The van der Waals surface area contributed by atoms with Crippen LogP contribution in [0.15, 0.2) is 23.9 Å². The molecule has 3 aliphatic rings. The van der Waals surface area contributed by atoms with Gasteiger partial charge in [0.1, 0.15) is 6.10 Å². The van der Waals surface area contributed by atoms with Crippen molar-refractivity contribution in [2.24, 2.45) is 11.3 Å². The Hall–Kier alpha value is -2.07. The first-order valence-corrected chi connectivity index (χ1v) is 12.8. The van der Waals surface area contributed by atoms with E-state index in [0.29, 0.717) is 25.0 Å². The number of aliphatic hydroxyl groups is 3. The minimum Gasteiger partial charge on any atom is -0.481 e. The number of carboxylic acids is 1. The van der Waals surface area contributed by atoms with Crippen molar-refractivity contribution in [2.45, 2.75) is 102 Å². The SMILES string of the molecule is CC/C=C\C[C@@H]1[C@H](CC(=O)[C@@H](O)CCCCCCCC(=O)O)O[C@@]2(O)CC13C(=CC2=O)NC[C@@H]3O. The summed E-state index contributed by atoms with van der Waals surface area (Å²) in [6.45, 7) is 2.25. The molecule has 2 fully saturated rings. The second-order valence-electron chi connectivity index (χ2n) is 10.1. The normalized spacial score (nSPS) is 32.7. The number of hydrogen-bond donors (Lipinski definition) is 5. The van der Waals surface area contributed by atoms with Crippen molar-refractivity contribution in [1.29, 1.82) is 0 Å². The number of carbonyl (C=O) groups is 3. The lowest BCUT2D eigenvalue weighted by molar-refractivity contribution is -0.286. The lowest BCUT2D eigenvalue weighted by Gasteiger charge is -2.54. The van der Waals surface area contributed by atoms with E-state index in [1.54, 1.807) is 0 Å². The van der Waals surface area contributed by atoms with Gasteiger partial charge in [0.15, 0.2) is 5.78 Å². The summed E-state index contributed by atoms with van der Waals surface area (Å²) in [7, 11) is 0. The zero-order valence-electron chi connectivity index (χ0n) is 20.4. The van der Waals surface area contributed by atoms with Gasteiger partial charge in [-0.1, -0.05) is 44.8 Å². The van der Waals surface area contributed by atoms with Crippen LogP contribution in [0.25, 0.3) is 0 Å². The van der Waals surface area contributed by atoms with Crippen molar-refractivity contribution in [3.05, 3.63) is 23.9 Å². The van der Waals surface area contributed by atoms with E-state index in [1.807, 2.05) is 19.1 Å². The van der Waals surface area contributed by atoms with Crippen LogP contribution >= 0.6 is 0 Å². The molecule has 5 N–H and O–H groups in total. The van der Waals surface area contributed by atoms with Gasteiger partial charge in [-0.25, -0.2) is 0 Å². The zero-order valence-corrected chi connectivity index (χ0v) is 20.4. The summed E-state index contributed by atoms with van der Waals surface area (Å²) < 4.78 is 5.87. The second-order valence-corrected chi connectivity index (χ2v) is 10.1. The molecule has 0 radical (unpaired) electrons. The van der Waals surface area contributed by atoms with Crippen molar-refractivity contribution in [1.82, 2.24) is 5.32 Å². The number of carboxylic acid groups (broad SMARTS) is 1. The molecule has 2 saturated heterocycles. The molecule has 2 aliphatic heterocycles. The Morgan fingerprint density at radius 3 is 2.66 bits per heavy atom. The van der Waals surface area contributed by atoms with E-state index in [0.717, 1.165) is 25.7 Å². The van der Waals surface area contributed by atoms with Gasteiger partial charge in [0, 0.05) is 48.9 Å². The van der Waals surface area contributed by atoms with Gasteiger partial charge in [-0.15, -0.1) is 0 Å². The van der Waals surface area contributed by atoms with Gasteiger partial charge in [-0.2, -0.15) is 0 Å². The Morgan fingerprint density at radius 1 is 1.23 bits per heavy atom. The number of unbranched alkanes of at least 4 members (excludes halogenated alkanes) is 4.